The molecule has 0 aromatic heterocycles. The molecule has 0 aliphatic carbocycles. The molecule has 2 aliphatic rings. The Bertz CT molecular complexity index is 450. The Hall–Kier alpha value is -1.28. The summed E-state index contributed by atoms with van der Waals surface area (Å²) in [6.45, 7) is 6.96. The SMILES string of the molecule is CC1=CCCN(CC2CCNc3ccccc32)C1. The van der Waals surface area contributed by atoms with Crippen molar-refractivity contribution in [1.82, 2.24) is 4.90 Å². The molecule has 2 heterocycles. The lowest BCUT2D eigenvalue weighted by atomic mass is 9.90. The fourth-order valence-electron chi connectivity index (χ4n) is 3.20. The van der Waals surface area contributed by atoms with Crippen molar-refractivity contribution in [3.8, 4) is 0 Å². The van der Waals surface area contributed by atoms with Crippen molar-refractivity contribution < 1.29 is 0 Å². The van der Waals surface area contributed by atoms with Crippen LogP contribution in [0.3, 0.4) is 0 Å². The van der Waals surface area contributed by atoms with Gasteiger partial charge in [-0.1, -0.05) is 29.8 Å². The molecule has 0 bridgehead atoms. The second kappa shape index (κ2) is 5.15. The van der Waals surface area contributed by atoms with Gasteiger partial charge in [0.05, 0.1) is 0 Å². The molecule has 1 atom stereocenters. The Labute approximate surface area is 110 Å². The third-order valence-corrected chi connectivity index (χ3v) is 4.10. The van der Waals surface area contributed by atoms with Gasteiger partial charge in [-0.15, -0.1) is 0 Å². The van der Waals surface area contributed by atoms with Crippen molar-refractivity contribution in [2.24, 2.45) is 0 Å². The average Bonchev–Trinajstić information content (AvgIpc) is 2.39. The Kier molecular flexibility index (Phi) is 3.37. The van der Waals surface area contributed by atoms with E-state index >= 15 is 0 Å². The maximum absolute atomic E-state index is 3.51. The third kappa shape index (κ3) is 2.44. The summed E-state index contributed by atoms with van der Waals surface area (Å²) in [5, 5.41) is 3.51. The predicted molar refractivity (Wildman–Crippen MR) is 77.1 cm³/mol. The van der Waals surface area contributed by atoms with Gasteiger partial charge in [0.25, 0.3) is 0 Å². The average molecular weight is 242 g/mol. The highest BCUT2D eigenvalue weighted by Gasteiger charge is 2.22. The van der Waals surface area contributed by atoms with Crippen molar-refractivity contribution in [3.63, 3.8) is 0 Å². The van der Waals surface area contributed by atoms with Gasteiger partial charge in [-0.3, -0.25) is 4.90 Å². The van der Waals surface area contributed by atoms with Gasteiger partial charge in [-0.2, -0.15) is 0 Å². The van der Waals surface area contributed by atoms with Gasteiger partial charge in [-0.05, 0) is 31.4 Å². The lowest BCUT2D eigenvalue weighted by Crippen LogP contribution is -2.35. The summed E-state index contributed by atoms with van der Waals surface area (Å²) in [6.07, 6.45) is 4.86. The van der Waals surface area contributed by atoms with Crippen LogP contribution in [0, 0.1) is 0 Å². The van der Waals surface area contributed by atoms with E-state index in [1.807, 2.05) is 0 Å². The molecule has 2 heteroatoms. The molecule has 0 saturated heterocycles. The van der Waals surface area contributed by atoms with E-state index in [1.165, 1.54) is 42.8 Å². The van der Waals surface area contributed by atoms with Crippen LogP contribution in [0.15, 0.2) is 35.9 Å². The highest BCUT2D eigenvalue weighted by Crippen LogP contribution is 2.32. The van der Waals surface area contributed by atoms with Gasteiger partial charge in [0.15, 0.2) is 0 Å². The molecule has 1 N–H and O–H groups in total. The van der Waals surface area contributed by atoms with Crippen LogP contribution < -0.4 is 5.32 Å². The maximum Gasteiger partial charge on any atom is 0.0376 e. The zero-order valence-electron chi connectivity index (χ0n) is 11.2. The minimum absolute atomic E-state index is 0.702. The molecule has 1 aromatic carbocycles. The van der Waals surface area contributed by atoms with Gasteiger partial charge in [0, 0.05) is 37.8 Å². The number of nitrogens with zero attached hydrogens (tertiary/aromatic N) is 1. The molecule has 0 fully saturated rings. The fraction of sp³-hybridized carbons (Fsp3) is 0.500. The molecule has 0 spiro atoms. The topological polar surface area (TPSA) is 15.3 Å². The largest absolute Gasteiger partial charge is 0.385 e. The van der Waals surface area contributed by atoms with Crippen LogP contribution in [0.4, 0.5) is 5.69 Å². The Morgan fingerprint density at radius 2 is 2.22 bits per heavy atom. The zero-order chi connectivity index (χ0) is 12.4. The normalized spacial score (nSPS) is 24.1. The highest BCUT2D eigenvalue weighted by atomic mass is 15.1. The summed E-state index contributed by atoms with van der Waals surface area (Å²) in [6, 6.07) is 8.80. The summed E-state index contributed by atoms with van der Waals surface area (Å²) in [5.74, 6) is 0.702. The van der Waals surface area contributed by atoms with Gasteiger partial charge >= 0.3 is 0 Å². The first-order valence-corrected chi connectivity index (χ1v) is 7.04. The van der Waals surface area contributed by atoms with E-state index in [2.05, 4.69) is 47.5 Å². The molecule has 2 aliphatic heterocycles. The van der Waals surface area contributed by atoms with E-state index in [9.17, 15) is 0 Å². The van der Waals surface area contributed by atoms with E-state index in [4.69, 9.17) is 0 Å². The second-order valence-corrected chi connectivity index (χ2v) is 5.57. The van der Waals surface area contributed by atoms with E-state index in [1.54, 1.807) is 0 Å². The summed E-state index contributed by atoms with van der Waals surface area (Å²) < 4.78 is 0. The Morgan fingerprint density at radius 3 is 3.11 bits per heavy atom. The molecule has 2 nitrogen and oxygen atoms in total. The number of fused-ring (bicyclic) bond motifs is 1. The van der Waals surface area contributed by atoms with E-state index < -0.39 is 0 Å². The molecule has 0 radical (unpaired) electrons. The summed E-state index contributed by atoms with van der Waals surface area (Å²) >= 11 is 0. The van der Waals surface area contributed by atoms with Crippen LogP contribution in [-0.4, -0.2) is 31.1 Å². The zero-order valence-corrected chi connectivity index (χ0v) is 11.2. The smallest absolute Gasteiger partial charge is 0.0376 e. The Morgan fingerprint density at radius 1 is 1.33 bits per heavy atom. The first kappa shape index (κ1) is 11.8. The number of hydrogen-bond acceptors (Lipinski definition) is 2. The van der Waals surface area contributed by atoms with Crippen molar-refractivity contribution in [2.45, 2.75) is 25.7 Å². The van der Waals surface area contributed by atoms with Gasteiger partial charge in [0.2, 0.25) is 0 Å². The van der Waals surface area contributed by atoms with E-state index in [0.29, 0.717) is 5.92 Å². The first-order valence-electron chi connectivity index (χ1n) is 7.04. The standard InChI is InChI=1S/C16H22N2/c1-13-5-4-10-18(11-13)12-14-8-9-17-16-7-3-2-6-15(14)16/h2-3,5-7,14,17H,4,8-12H2,1H3. The number of hydrogen-bond donors (Lipinski definition) is 1. The van der Waals surface area contributed by atoms with E-state index in [0.717, 1.165) is 13.1 Å². The summed E-state index contributed by atoms with van der Waals surface area (Å²) in [5.41, 5.74) is 4.39. The summed E-state index contributed by atoms with van der Waals surface area (Å²) in [4.78, 5) is 2.61. The molecule has 0 saturated carbocycles. The molecule has 3 rings (SSSR count). The van der Waals surface area contributed by atoms with Gasteiger partial charge in [0.1, 0.15) is 0 Å². The highest BCUT2D eigenvalue weighted by molar-refractivity contribution is 5.54. The van der Waals surface area contributed by atoms with Crippen LogP contribution in [0.2, 0.25) is 0 Å². The monoisotopic (exact) mass is 242 g/mol. The van der Waals surface area contributed by atoms with Crippen molar-refractivity contribution in [2.75, 3.05) is 31.5 Å². The minimum Gasteiger partial charge on any atom is -0.385 e. The predicted octanol–water partition coefficient (Wildman–Crippen LogP) is 3.24. The molecule has 0 amide bonds. The van der Waals surface area contributed by atoms with Crippen LogP contribution >= 0.6 is 0 Å². The lowest BCUT2D eigenvalue weighted by molar-refractivity contribution is 0.266. The van der Waals surface area contributed by atoms with Gasteiger partial charge in [-0.25, -0.2) is 0 Å². The number of anilines is 1. The fourth-order valence-corrected chi connectivity index (χ4v) is 3.20. The Balaban J connectivity index is 1.72. The number of nitrogens with one attached hydrogen (secondary N) is 1. The van der Waals surface area contributed by atoms with Crippen molar-refractivity contribution in [3.05, 3.63) is 41.5 Å². The maximum atomic E-state index is 3.51. The molecule has 96 valence electrons. The quantitative estimate of drug-likeness (QED) is 0.801. The number of para-hydroxylation sites is 1. The van der Waals surface area contributed by atoms with Crippen molar-refractivity contribution >= 4 is 5.69 Å². The molecule has 1 aromatic rings. The number of rotatable bonds is 2. The minimum atomic E-state index is 0.702. The first-order chi connectivity index (χ1) is 8.83. The lowest BCUT2D eigenvalue weighted by Gasteiger charge is -2.33. The van der Waals surface area contributed by atoms with Crippen LogP contribution in [0.1, 0.15) is 31.2 Å². The van der Waals surface area contributed by atoms with Crippen molar-refractivity contribution in [1.29, 1.82) is 0 Å². The van der Waals surface area contributed by atoms with Crippen LogP contribution in [0.5, 0.6) is 0 Å². The third-order valence-electron chi connectivity index (χ3n) is 4.10. The second-order valence-electron chi connectivity index (χ2n) is 5.57. The van der Waals surface area contributed by atoms with Gasteiger partial charge < -0.3 is 5.32 Å². The molecule has 1 unspecified atom stereocenters. The van der Waals surface area contributed by atoms with Crippen LogP contribution in [-0.2, 0) is 0 Å². The molecular weight excluding hydrogens is 220 g/mol. The van der Waals surface area contributed by atoms with E-state index in [-0.39, 0.29) is 0 Å². The molecule has 18 heavy (non-hydrogen) atoms. The number of benzene rings is 1. The molecular formula is C16H22N2. The van der Waals surface area contributed by atoms with Crippen LogP contribution in [0.25, 0.3) is 0 Å². The summed E-state index contributed by atoms with van der Waals surface area (Å²) in [7, 11) is 0.